The van der Waals surface area contributed by atoms with E-state index in [1.807, 2.05) is 74.5 Å². The van der Waals surface area contributed by atoms with Crippen molar-refractivity contribution in [3.05, 3.63) is 99.4 Å². The Morgan fingerprint density at radius 2 is 1.72 bits per heavy atom. The molecule has 0 bridgehead atoms. The lowest BCUT2D eigenvalue weighted by Crippen LogP contribution is -2.29. The number of fused-ring (bicyclic) bond motifs is 2. The molecule has 0 saturated carbocycles. The number of nitrogens with zero attached hydrogens (tertiary/aromatic N) is 1. The Hall–Kier alpha value is -4.06. The highest BCUT2D eigenvalue weighted by molar-refractivity contribution is 6.10. The first kappa shape index (κ1) is 23.7. The van der Waals surface area contributed by atoms with Gasteiger partial charge in [-0.05, 0) is 62.2 Å². The van der Waals surface area contributed by atoms with Gasteiger partial charge in [0, 0.05) is 5.69 Å². The summed E-state index contributed by atoms with van der Waals surface area (Å²) in [7, 11) is 0. The maximum absolute atomic E-state index is 13.8. The zero-order valence-corrected chi connectivity index (χ0v) is 20.7. The average molecular weight is 484 g/mol. The monoisotopic (exact) mass is 483 g/mol. The number of carbonyl (C=O) groups excluding carboxylic acids is 1. The molecule has 3 aromatic carbocycles. The van der Waals surface area contributed by atoms with Crippen LogP contribution in [0.1, 0.15) is 60.0 Å². The van der Waals surface area contributed by atoms with Gasteiger partial charge >= 0.3 is 0 Å². The van der Waals surface area contributed by atoms with Gasteiger partial charge in [-0.1, -0.05) is 49.2 Å². The highest BCUT2D eigenvalue weighted by Crippen LogP contribution is 2.43. The van der Waals surface area contributed by atoms with Gasteiger partial charge in [-0.3, -0.25) is 14.5 Å². The van der Waals surface area contributed by atoms with Gasteiger partial charge in [-0.2, -0.15) is 0 Å². The molecule has 6 nitrogen and oxygen atoms in total. The summed E-state index contributed by atoms with van der Waals surface area (Å²) in [6.07, 6.45) is 1.96. The van der Waals surface area contributed by atoms with Crippen molar-refractivity contribution in [1.29, 1.82) is 0 Å². The quantitative estimate of drug-likeness (QED) is 0.270. The molecule has 1 atom stereocenters. The van der Waals surface area contributed by atoms with Crippen molar-refractivity contribution in [2.75, 3.05) is 18.1 Å². The van der Waals surface area contributed by atoms with Crippen LogP contribution in [0.25, 0.3) is 11.0 Å². The largest absolute Gasteiger partial charge is 0.490 e. The minimum atomic E-state index is -0.667. The molecule has 5 rings (SSSR count). The van der Waals surface area contributed by atoms with Crippen LogP contribution in [0.5, 0.6) is 11.5 Å². The van der Waals surface area contributed by atoms with E-state index in [4.69, 9.17) is 13.9 Å². The predicted octanol–water partition coefficient (Wildman–Crippen LogP) is 6.43. The predicted molar refractivity (Wildman–Crippen MR) is 140 cm³/mol. The molecule has 1 aliphatic heterocycles. The van der Waals surface area contributed by atoms with E-state index in [0.29, 0.717) is 46.9 Å². The summed E-state index contributed by atoms with van der Waals surface area (Å²) < 4.78 is 17.9. The lowest BCUT2D eigenvalue weighted by atomic mass is 9.97. The lowest BCUT2D eigenvalue weighted by molar-refractivity contribution is 0.0971. The summed E-state index contributed by atoms with van der Waals surface area (Å²) in [5, 5.41) is 0.464. The zero-order valence-electron chi connectivity index (χ0n) is 20.7. The fraction of sp³-hybridized carbons (Fsp3) is 0.267. The van der Waals surface area contributed by atoms with E-state index >= 15 is 0 Å². The second-order valence-corrected chi connectivity index (χ2v) is 8.93. The molecule has 36 heavy (non-hydrogen) atoms. The Labute approximate surface area is 210 Å². The molecule has 6 heteroatoms. The summed E-state index contributed by atoms with van der Waals surface area (Å²) in [6.45, 7) is 7.00. The minimum Gasteiger partial charge on any atom is -0.490 e. The summed E-state index contributed by atoms with van der Waals surface area (Å²) in [5.74, 6) is 0.959. The summed E-state index contributed by atoms with van der Waals surface area (Å²) >= 11 is 0. The van der Waals surface area contributed by atoms with Crippen molar-refractivity contribution < 1.29 is 18.7 Å². The van der Waals surface area contributed by atoms with Crippen LogP contribution in [0, 0.1) is 6.92 Å². The Balaban J connectivity index is 1.71. The lowest BCUT2D eigenvalue weighted by Gasteiger charge is -2.26. The van der Waals surface area contributed by atoms with Crippen molar-refractivity contribution in [2.45, 2.75) is 39.7 Å². The molecule has 2 heterocycles. The van der Waals surface area contributed by atoms with Crippen LogP contribution < -0.4 is 19.8 Å². The van der Waals surface area contributed by atoms with Gasteiger partial charge in [0.25, 0.3) is 5.91 Å². The first-order chi connectivity index (χ1) is 17.5. The number of benzene rings is 3. The molecule has 1 unspecified atom stereocenters. The maximum Gasteiger partial charge on any atom is 0.295 e. The molecule has 1 amide bonds. The molecular weight excluding hydrogens is 454 g/mol. The number of para-hydroxylation sites is 1. The number of hydrogen-bond donors (Lipinski definition) is 0. The fourth-order valence-electron chi connectivity index (χ4n) is 4.67. The first-order valence-electron chi connectivity index (χ1n) is 12.4. The topological polar surface area (TPSA) is 69.0 Å². The molecule has 1 aromatic heterocycles. The maximum atomic E-state index is 13.8. The molecule has 0 radical (unpaired) electrons. The number of aryl methyl sites for hydroxylation is 1. The van der Waals surface area contributed by atoms with Gasteiger partial charge in [0.1, 0.15) is 5.58 Å². The number of amides is 1. The highest BCUT2D eigenvalue weighted by atomic mass is 16.5. The van der Waals surface area contributed by atoms with Gasteiger partial charge in [-0.25, -0.2) is 0 Å². The highest BCUT2D eigenvalue weighted by Gasteiger charge is 2.43. The van der Waals surface area contributed by atoms with E-state index in [2.05, 4.69) is 6.92 Å². The molecular formula is C30H29NO5. The van der Waals surface area contributed by atoms with E-state index in [1.165, 1.54) is 0 Å². The Bertz CT molecular complexity index is 1470. The smallest absolute Gasteiger partial charge is 0.295 e. The number of ether oxygens (including phenoxy) is 2. The molecule has 1 aliphatic rings. The summed E-state index contributed by atoms with van der Waals surface area (Å²) in [6, 6.07) is 19.7. The molecule has 0 fully saturated rings. The zero-order chi connectivity index (χ0) is 25.2. The van der Waals surface area contributed by atoms with Crippen molar-refractivity contribution in [3.63, 3.8) is 0 Å². The number of hydrogen-bond acceptors (Lipinski definition) is 5. The standard InChI is InChI=1S/C30H29NO5/c1-4-6-16-35-24-15-13-20(18-25(24)34-5-2)27-26-28(32)22-17-19(3)12-14-23(22)36-29(26)30(33)31(27)21-10-8-7-9-11-21/h7-15,17-18,27H,4-6,16H2,1-3H3. The third-order valence-corrected chi connectivity index (χ3v) is 6.40. The van der Waals surface area contributed by atoms with Crippen LogP contribution in [-0.2, 0) is 0 Å². The van der Waals surface area contributed by atoms with Gasteiger partial charge in [0.2, 0.25) is 5.76 Å². The van der Waals surface area contributed by atoms with Crippen molar-refractivity contribution in [2.24, 2.45) is 0 Å². The van der Waals surface area contributed by atoms with Crippen molar-refractivity contribution in [1.82, 2.24) is 0 Å². The van der Waals surface area contributed by atoms with Crippen LogP contribution in [0.15, 0.2) is 75.9 Å². The van der Waals surface area contributed by atoms with Gasteiger partial charge < -0.3 is 13.9 Å². The van der Waals surface area contributed by atoms with Gasteiger partial charge in [0.15, 0.2) is 16.9 Å². The minimum absolute atomic E-state index is 0.0754. The summed E-state index contributed by atoms with van der Waals surface area (Å²) in [5.41, 5.74) is 2.91. The third kappa shape index (κ3) is 4.13. The van der Waals surface area contributed by atoms with Crippen LogP contribution >= 0.6 is 0 Å². The summed E-state index contributed by atoms with van der Waals surface area (Å²) in [4.78, 5) is 29.2. The molecule has 0 aliphatic carbocycles. The van der Waals surface area contributed by atoms with Crippen LogP contribution in [-0.4, -0.2) is 19.1 Å². The Kier molecular flexibility index (Phi) is 6.51. The van der Waals surface area contributed by atoms with Gasteiger partial charge in [0.05, 0.1) is 30.2 Å². The SMILES string of the molecule is CCCCOc1ccc(C2c3c(oc4ccc(C)cc4c3=O)C(=O)N2c2ccccc2)cc1OCC. The molecule has 184 valence electrons. The molecule has 0 saturated heterocycles. The number of anilines is 1. The number of unbranched alkanes of at least 4 members (excludes halogenated alkanes) is 1. The third-order valence-electron chi connectivity index (χ3n) is 6.40. The van der Waals surface area contributed by atoms with E-state index in [-0.39, 0.29) is 17.1 Å². The van der Waals surface area contributed by atoms with Crippen LogP contribution in [0.3, 0.4) is 0 Å². The van der Waals surface area contributed by atoms with E-state index < -0.39 is 6.04 Å². The van der Waals surface area contributed by atoms with Crippen LogP contribution in [0.2, 0.25) is 0 Å². The molecule has 0 N–H and O–H groups in total. The van der Waals surface area contributed by atoms with Crippen LogP contribution in [0.4, 0.5) is 5.69 Å². The van der Waals surface area contributed by atoms with Gasteiger partial charge in [-0.15, -0.1) is 0 Å². The van der Waals surface area contributed by atoms with E-state index in [9.17, 15) is 9.59 Å². The number of carbonyl (C=O) groups is 1. The van der Waals surface area contributed by atoms with Crippen molar-refractivity contribution in [3.8, 4) is 11.5 Å². The second kappa shape index (κ2) is 9.90. The molecule has 4 aromatic rings. The normalized spacial score (nSPS) is 14.8. The Morgan fingerprint density at radius 3 is 2.47 bits per heavy atom. The van der Waals surface area contributed by atoms with E-state index in [1.54, 1.807) is 11.0 Å². The fourth-order valence-corrected chi connectivity index (χ4v) is 4.67. The average Bonchev–Trinajstić information content (AvgIpc) is 3.18. The van der Waals surface area contributed by atoms with E-state index in [0.717, 1.165) is 24.0 Å². The first-order valence-corrected chi connectivity index (χ1v) is 12.4. The van der Waals surface area contributed by atoms with Crippen molar-refractivity contribution >= 4 is 22.6 Å². The molecule has 0 spiro atoms. The number of rotatable bonds is 8. The second-order valence-electron chi connectivity index (χ2n) is 8.93. The Morgan fingerprint density at radius 1 is 0.917 bits per heavy atom.